The number of carboxylic acids is 1. The zero-order valence-electron chi connectivity index (χ0n) is 9.60. The average molecular weight is 234 g/mol. The number of hydrogen-bond donors (Lipinski definition) is 1. The lowest BCUT2D eigenvalue weighted by atomic mass is 10.0. The third-order valence-electron chi connectivity index (χ3n) is 2.36. The van der Waals surface area contributed by atoms with E-state index in [1.54, 1.807) is 25.2 Å². The Morgan fingerprint density at radius 2 is 1.94 bits per heavy atom. The fourth-order valence-electron chi connectivity index (χ4n) is 1.42. The lowest BCUT2D eigenvalue weighted by molar-refractivity contribution is -0.136. The molecule has 90 valence electrons. The van der Waals surface area contributed by atoms with Gasteiger partial charge in [-0.3, -0.25) is 4.79 Å². The molecular weight excluding hydrogens is 220 g/mol. The molecule has 4 nitrogen and oxygen atoms in total. The van der Waals surface area contributed by atoms with Gasteiger partial charge in [-0.2, -0.15) is 0 Å². The summed E-state index contributed by atoms with van der Waals surface area (Å²) in [6.45, 7) is 0. The number of rotatable bonds is 6. The zero-order chi connectivity index (χ0) is 12.7. The number of ether oxygens (including phenoxy) is 1. The third kappa shape index (κ3) is 4.53. The van der Waals surface area contributed by atoms with Crippen LogP contribution in [0.15, 0.2) is 29.8 Å². The topological polar surface area (TPSA) is 63.6 Å². The summed E-state index contributed by atoms with van der Waals surface area (Å²) in [5, 5.41) is 8.53. The van der Waals surface area contributed by atoms with Crippen molar-refractivity contribution in [1.82, 2.24) is 0 Å². The predicted molar refractivity (Wildman–Crippen MR) is 62.8 cm³/mol. The lowest BCUT2D eigenvalue weighted by Gasteiger charge is -2.04. The summed E-state index contributed by atoms with van der Waals surface area (Å²) in [5.74, 6) is 1.64. The van der Waals surface area contributed by atoms with Crippen LogP contribution in [0.2, 0.25) is 0 Å². The van der Waals surface area contributed by atoms with E-state index in [4.69, 9.17) is 9.84 Å². The number of carboxylic acid groups (broad SMARTS) is 1. The molecular formula is C13H14O4. The van der Waals surface area contributed by atoms with Crippen molar-refractivity contribution in [2.75, 3.05) is 7.11 Å². The van der Waals surface area contributed by atoms with Crippen molar-refractivity contribution in [3.05, 3.63) is 35.4 Å². The molecule has 0 heterocycles. The summed E-state index contributed by atoms with van der Waals surface area (Å²) < 4.78 is 5.02. The summed E-state index contributed by atoms with van der Waals surface area (Å²) in [6.07, 6.45) is 0.631. The Kier molecular flexibility index (Phi) is 4.98. The fraction of sp³-hybridized carbons (Fsp3) is 0.308. The van der Waals surface area contributed by atoms with Crippen molar-refractivity contribution >= 4 is 11.9 Å². The minimum Gasteiger partial charge on any atom is -0.497 e. The van der Waals surface area contributed by atoms with Crippen molar-refractivity contribution in [1.29, 1.82) is 0 Å². The number of aliphatic carboxylic acids is 1. The summed E-state index contributed by atoms with van der Waals surface area (Å²) >= 11 is 0. The standard InChI is InChI=1S/C13H14O4/c1-17-12-5-2-10(3-6-12)8-11(9-14)4-7-13(15)16/h2-3,5-6H,4,7-8H2,1H3,(H,15,16). The maximum Gasteiger partial charge on any atom is 0.303 e. The van der Waals surface area contributed by atoms with Crippen LogP contribution >= 0.6 is 0 Å². The van der Waals surface area contributed by atoms with E-state index in [-0.39, 0.29) is 12.8 Å². The average Bonchev–Trinajstić information content (AvgIpc) is 2.35. The Morgan fingerprint density at radius 1 is 1.29 bits per heavy atom. The van der Waals surface area contributed by atoms with Crippen LogP contribution in [0.25, 0.3) is 0 Å². The van der Waals surface area contributed by atoms with Gasteiger partial charge in [0.15, 0.2) is 0 Å². The molecule has 0 fully saturated rings. The number of allylic oxidation sites excluding steroid dienone is 1. The molecule has 1 N–H and O–H groups in total. The summed E-state index contributed by atoms with van der Waals surface area (Å²) in [5.41, 5.74) is 1.41. The van der Waals surface area contributed by atoms with E-state index in [9.17, 15) is 9.59 Å². The number of carbonyl (C=O) groups is 1. The molecule has 0 saturated heterocycles. The molecule has 1 aromatic carbocycles. The molecule has 4 heteroatoms. The maximum absolute atomic E-state index is 10.7. The van der Waals surface area contributed by atoms with E-state index < -0.39 is 5.97 Å². The molecule has 0 aliphatic carbocycles. The molecule has 0 bridgehead atoms. The van der Waals surface area contributed by atoms with E-state index in [0.29, 0.717) is 12.0 Å². The van der Waals surface area contributed by atoms with Crippen molar-refractivity contribution in [2.45, 2.75) is 19.3 Å². The monoisotopic (exact) mass is 234 g/mol. The minimum atomic E-state index is -0.910. The SMILES string of the molecule is COc1ccc(CC(=C=O)CCC(=O)O)cc1. The largest absolute Gasteiger partial charge is 0.497 e. The van der Waals surface area contributed by atoms with Gasteiger partial charge in [0.1, 0.15) is 11.7 Å². The molecule has 0 unspecified atom stereocenters. The van der Waals surface area contributed by atoms with Crippen LogP contribution in [0, 0.1) is 0 Å². The molecule has 0 aromatic heterocycles. The van der Waals surface area contributed by atoms with E-state index in [1.165, 1.54) is 0 Å². The fourth-order valence-corrected chi connectivity index (χ4v) is 1.42. The van der Waals surface area contributed by atoms with Gasteiger partial charge in [0, 0.05) is 18.4 Å². The van der Waals surface area contributed by atoms with Gasteiger partial charge in [-0.15, -0.1) is 0 Å². The molecule has 0 spiro atoms. The highest BCUT2D eigenvalue weighted by Crippen LogP contribution is 2.15. The quantitative estimate of drug-likeness (QED) is 0.763. The van der Waals surface area contributed by atoms with Gasteiger partial charge in [-0.25, -0.2) is 4.79 Å². The van der Waals surface area contributed by atoms with Crippen molar-refractivity contribution in [3.8, 4) is 5.75 Å². The van der Waals surface area contributed by atoms with Crippen LogP contribution in [0.5, 0.6) is 5.75 Å². The summed E-state index contributed by atoms with van der Waals surface area (Å²) in [7, 11) is 1.58. The smallest absolute Gasteiger partial charge is 0.303 e. The van der Waals surface area contributed by atoms with E-state index in [0.717, 1.165) is 11.3 Å². The van der Waals surface area contributed by atoms with Crippen LogP contribution in [-0.4, -0.2) is 24.1 Å². The van der Waals surface area contributed by atoms with Crippen LogP contribution in [-0.2, 0) is 16.0 Å². The van der Waals surface area contributed by atoms with E-state index in [1.807, 2.05) is 12.1 Å². The lowest BCUT2D eigenvalue weighted by Crippen LogP contribution is -1.98. The van der Waals surface area contributed by atoms with Crippen molar-refractivity contribution in [3.63, 3.8) is 0 Å². The van der Waals surface area contributed by atoms with Crippen LogP contribution < -0.4 is 4.74 Å². The Bertz CT molecular complexity index is 427. The van der Waals surface area contributed by atoms with Gasteiger partial charge in [-0.1, -0.05) is 12.1 Å². The molecule has 0 saturated carbocycles. The van der Waals surface area contributed by atoms with Gasteiger partial charge in [0.25, 0.3) is 0 Å². The Hall–Kier alpha value is -2.06. The predicted octanol–water partition coefficient (Wildman–Crippen LogP) is 1.86. The first-order chi connectivity index (χ1) is 8.15. The second-order valence-electron chi connectivity index (χ2n) is 3.62. The highest BCUT2D eigenvalue weighted by molar-refractivity contribution is 5.68. The highest BCUT2D eigenvalue weighted by atomic mass is 16.5. The minimum absolute atomic E-state index is 0.0409. The van der Waals surface area contributed by atoms with Crippen molar-refractivity contribution < 1.29 is 19.4 Å². The van der Waals surface area contributed by atoms with E-state index in [2.05, 4.69) is 0 Å². The molecule has 17 heavy (non-hydrogen) atoms. The normalized spacial score (nSPS) is 9.47. The van der Waals surface area contributed by atoms with Crippen LogP contribution in [0.3, 0.4) is 0 Å². The number of carbonyl (C=O) groups excluding carboxylic acids is 1. The summed E-state index contributed by atoms with van der Waals surface area (Å²) in [4.78, 5) is 21.1. The number of benzene rings is 1. The molecule has 1 aromatic rings. The van der Waals surface area contributed by atoms with Crippen molar-refractivity contribution in [2.24, 2.45) is 0 Å². The van der Waals surface area contributed by atoms with Crippen LogP contribution in [0.4, 0.5) is 0 Å². The van der Waals surface area contributed by atoms with Crippen LogP contribution in [0.1, 0.15) is 18.4 Å². The number of hydrogen-bond acceptors (Lipinski definition) is 3. The Morgan fingerprint density at radius 3 is 2.41 bits per heavy atom. The van der Waals surface area contributed by atoms with Gasteiger partial charge >= 0.3 is 5.97 Å². The second kappa shape index (κ2) is 6.51. The first kappa shape index (κ1) is 13.0. The molecule has 0 aliphatic rings. The molecule has 0 atom stereocenters. The van der Waals surface area contributed by atoms with Gasteiger partial charge in [0.2, 0.25) is 0 Å². The molecule has 0 amide bonds. The van der Waals surface area contributed by atoms with Gasteiger partial charge in [0.05, 0.1) is 7.11 Å². The summed E-state index contributed by atoms with van der Waals surface area (Å²) in [6, 6.07) is 7.29. The van der Waals surface area contributed by atoms with Gasteiger partial charge < -0.3 is 9.84 Å². The molecule has 1 rings (SSSR count). The van der Waals surface area contributed by atoms with E-state index >= 15 is 0 Å². The Balaban J connectivity index is 2.61. The molecule has 0 radical (unpaired) electrons. The number of methoxy groups -OCH3 is 1. The third-order valence-corrected chi connectivity index (χ3v) is 2.36. The Labute approximate surface area is 99.5 Å². The first-order valence-corrected chi connectivity index (χ1v) is 5.23. The first-order valence-electron chi connectivity index (χ1n) is 5.23. The maximum atomic E-state index is 10.7. The zero-order valence-corrected chi connectivity index (χ0v) is 9.60. The second-order valence-corrected chi connectivity index (χ2v) is 3.62. The molecule has 0 aliphatic heterocycles. The highest BCUT2D eigenvalue weighted by Gasteiger charge is 2.05. The van der Waals surface area contributed by atoms with Gasteiger partial charge in [-0.05, 0) is 24.1 Å².